The highest BCUT2D eigenvalue weighted by molar-refractivity contribution is 7.15. The van der Waals surface area contributed by atoms with Crippen molar-refractivity contribution < 1.29 is 0 Å². The minimum atomic E-state index is 0.271. The summed E-state index contributed by atoms with van der Waals surface area (Å²) in [5.41, 5.74) is 0.883. The molecule has 0 aliphatic rings. The second-order valence-electron chi connectivity index (χ2n) is 4.85. The molecule has 20 heavy (non-hydrogen) atoms. The van der Waals surface area contributed by atoms with Crippen LogP contribution in [0.5, 0.6) is 0 Å². The third-order valence-electron chi connectivity index (χ3n) is 2.78. The zero-order chi connectivity index (χ0) is 14.5. The van der Waals surface area contributed by atoms with E-state index in [4.69, 9.17) is 5.26 Å². The van der Waals surface area contributed by atoms with Crippen molar-refractivity contribution in [2.75, 3.05) is 11.9 Å². The minimum Gasteiger partial charge on any atom is -0.370 e. The van der Waals surface area contributed by atoms with Crippen molar-refractivity contribution in [1.82, 2.24) is 9.97 Å². The zero-order valence-electron chi connectivity index (χ0n) is 12.0. The number of thiophene rings is 1. The summed E-state index contributed by atoms with van der Waals surface area (Å²) in [6.07, 6.45) is 1.05. The van der Waals surface area contributed by atoms with Gasteiger partial charge in [-0.1, -0.05) is 20.8 Å². The maximum absolute atomic E-state index is 8.93. The number of hydrogen-bond acceptors (Lipinski definition) is 5. The standard InChI is InChI=1S/C15H18N4S/c1-4-7-17-14-8-12(18-15(19-14)10(2)3)13-6-5-11(9-16)20-13/h5-6,8,10H,4,7H2,1-3H3,(H,17,18,19). The summed E-state index contributed by atoms with van der Waals surface area (Å²) in [6.45, 7) is 7.18. The van der Waals surface area contributed by atoms with E-state index in [0.717, 1.165) is 35.2 Å². The largest absolute Gasteiger partial charge is 0.370 e. The molecule has 2 rings (SSSR count). The molecule has 0 radical (unpaired) electrons. The van der Waals surface area contributed by atoms with E-state index in [2.05, 4.69) is 42.1 Å². The summed E-state index contributed by atoms with van der Waals surface area (Å²) >= 11 is 1.46. The Morgan fingerprint density at radius 3 is 2.75 bits per heavy atom. The molecule has 0 aliphatic heterocycles. The van der Waals surface area contributed by atoms with E-state index >= 15 is 0 Å². The Morgan fingerprint density at radius 1 is 1.35 bits per heavy atom. The molecule has 0 aromatic carbocycles. The van der Waals surface area contributed by atoms with E-state index in [1.54, 1.807) is 0 Å². The lowest BCUT2D eigenvalue weighted by molar-refractivity contribution is 0.776. The van der Waals surface area contributed by atoms with Crippen LogP contribution in [-0.4, -0.2) is 16.5 Å². The van der Waals surface area contributed by atoms with Crippen LogP contribution in [-0.2, 0) is 0 Å². The second-order valence-corrected chi connectivity index (χ2v) is 5.94. The molecule has 1 N–H and O–H groups in total. The Labute approximate surface area is 123 Å². The Bertz CT molecular complexity index is 625. The van der Waals surface area contributed by atoms with Gasteiger partial charge in [0.05, 0.1) is 10.6 Å². The van der Waals surface area contributed by atoms with E-state index < -0.39 is 0 Å². The first-order chi connectivity index (χ1) is 9.63. The molecule has 0 saturated heterocycles. The SMILES string of the molecule is CCCNc1cc(-c2ccc(C#N)s2)nc(C(C)C)n1. The van der Waals surface area contributed by atoms with Crippen molar-refractivity contribution in [2.24, 2.45) is 0 Å². The molecule has 0 saturated carbocycles. The van der Waals surface area contributed by atoms with Crippen LogP contribution in [0.1, 0.15) is 43.8 Å². The zero-order valence-corrected chi connectivity index (χ0v) is 12.8. The molecular weight excluding hydrogens is 268 g/mol. The Morgan fingerprint density at radius 2 is 2.15 bits per heavy atom. The maximum atomic E-state index is 8.93. The number of nitriles is 1. The van der Waals surface area contributed by atoms with Gasteiger partial charge in [-0.15, -0.1) is 11.3 Å². The Balaban J connectivity index is 2.40. The Kier molecular flexibility index (Phi) is 4.70. The lowest BCUT2D eigenvalue weighted by Gasteiger charge is -2.10. The normalized spacial score (nSPS) is 10.6. The summed E-state index contributed by atoms with van der Waals surface area (Å²) in [4.78, 5) is 10.9. The summed E-state index contributed by atoms with van der Waals surface area (Å²) in [7, 11) is 0. The van der Waals surface area contributed by atoms with Gasteiger partial charge in [-0.3, -0.25) is 0 Å². The summed E-state index contributed by atoms with van der Waals surface area (Å²) in [5, 5.41) is 12.2. The summed E-state index contributed by atoms with van der Waals surface area (Å²) in [5.74, 6) is 1.95. The van der Waals surface area contributed by atoms with Crippen LogP contribution in [0.3, 0.4) is 0 Å². The number of nitrogens with one attached hydrogen (secondary N) is 1. The molecular formula is C15H18N4S. The highest BCUT2D eigenvalue weighted by Crippen LogP contribution is 2.28. The predicted octanol–water partition coefficient (Wildman–Crippen LogP) is 4.02. The van der Waals surface area contributed by atoms with Crippen molar-refractivity contribution in [3.8, 4) is 16.6 Å². The van der Waals surface area contributed by atoms with Gasteiger partial charge in [0.15, 0.2) is 0 Å². The lowest BCUT2D eigenvalue weighted by atomic mass is 10.2. The summed E-state index contributed by atoms with van der Waals surface area (Å²) in [6, 6.07) is 7.89. The smallest absolute Gasteiger partial charge is 0.133 e. The molecule has 0 bridgehead atoms. The molecule has 0 atom stereocenters. The number of aromatic nitrogens is 2. The van der Waals surface area contributed by atoms with E-state index in [9.17, 15) is 0 Å². The fourth-order valence-corrected chi connectivity index (χ4v) is 2.49. The van der Waals surface area contributed by atoms with Crippen molar-refractivity contribution in [2.45, 2.75) is 33.1 Å². The van der Waals surface area contributed by atoms with E-state index in [0.29, 0.717) is 4.88 Å². The van der Waals surface area contributed by atoms with Crippen LogP contribution in [0.2, 0.25) is 0 Å². The molecule has 2 aromatic rings. The fourth-order valence-electron chi connectivity index (χ4n) is 1.73. The maximum Gasteiger partial charge on any atom is 0.133 e. The van der Waals surface area contributed by atoms with Crippen LogP contribution in [0.25, 0.3) is 10.6 Å². The molecule has 0 spiro atoms. The first-order valence-corrected chi connectivity index (χ1v) is 7.58. The van der Waals surface area contributed by atoms with Crippen molar-refractivity contribution in [1.29, 1.82) is 5.26 Å². The van der Waals surface area contributed by atoms with Crippen LogP contribution in [0, 0.1) is 11.3 Å². The molecule has 2 heterocycles. The van der Waals surface area contributed by atoms with E-state index in [1.165, 1.54) is 11.3 Å². The van der Waals surface area contributed by atoms with Crippen LogP contribution in [0.15, 0.2) is 18.2 Å². The molecule has 0 fully saturated rings. The number of rotatable bonds is 5. The molecule has 104 valence electrons. The van der Waals surface area contributed by atoms with Gasteiger partial charge in [-0.2, -0.15) is 5.26 Å². The van der Waals surface area contributed by atoms with Gasteiger partial charge in [-0.25, -0.2) is 9.97 Å². The van der Waals surface area contributed by atoms with Crippen molar-refractivity contribution >= 4 is 17.2 Å². The molecule has 5 heteroatoms. The summed E-state index contributed by atoms with van der Waals surface area (Å²) < 4.78 is 0. The Hall–Kier alpha value is -1.93. The number of nitrogens with zero attached hydrogens (tertiary/aromatic N) is 3. The van der Waals surface area contributed by atoms with Crippen LogP contribution < -0.4 is 5.32 Å². The third kappa shape index (κ3) is 3.34. The van der Waals surface area contributed by atoms with Gasteiger partial charge in [0.2, 0.25) is 0 Å². The van der Waals surface area contributed by atoms with Crippen molar-refractivity contribution in [3.05, 3.63) is 28.9 Å². The first-order valence-electron chi connectivity index (χ1n) is 6.77. The fraction of sp³-hybridized carbons (Fsp3) is 0.400. The quantitative estimate of drug-likeness (QED) is 0.901. The molecule has 0 amide bonds. The minimum absolute atomic E-state index is 0.271. The highest BCUT2D eigenvalue weighted by atomic mass is 32.1. The predicted molar refractivity (Wildman–Crippen MR) is 82.9 cm³/mol. The van der Waals surface area contributed by atoms with Gasteiger partial charge in [-0.05, 0) is 18.6 Å². The van der Waals surface area contributed by atoms with Crippen molar-refractivity contribution in [3.63, 3.8) is 0 Å². The monoisotopic (exact) mass is 286 g/mol. The second kappa shape index (κ2) is 6.49. The molecule has 2 aromatic heterocycles. The number of hydrogen-bond donors (Lipinski definition) is 1. The van der Waals surface area contributed by atoms with Crippen LogP contribution in [0.4, 0.5) is 5.82 Å². The molecule has 4 nitrogen and oxygen atoms in total. The van der Waals surface area contributed by atoms with Crippen LogP contribution >= 0.6 is 11.3 Å². The topological polar surface area (TPSA) is 61.6 Å². The third-order valence-corrected chi connectivity index (χ3v) is 3.80. The average Bonchev–Trinajstić information content (AvgIpc) is 2.93. The van der Waals surface area contributed by atoms with Gasteiger partial charge in [0.1, 0.15) is 22.6 Å². The van der Waals surface area contributed by atoms with Gasteiger partial charge in [0.25, 0.3) is 0 Å². The van der Waals surface area contributed by atoms with Gasteiger partial charge >= 0.3 is 0 Å². The van der Waals surface area contributed by atoms with Gasteiger partial charge < -0.3 is 5.32 Å². The van der Waals surface area contributed by atoms with Gasteiger partial charge in [0, 0.05) is 18.5 Å². The van der Waals surface area contributed by atoms with E-state index in [-0.39, 0.29) is 5.92 Å². The average molecular weight is 286 g/mol. The highest BCUT2D eigenvalue weighted by Gasteiger charge is 2.11. The first kappa shape index (κ1) is 14.5. The number of anilines is 1. The molecule has 0 unspecified atom stereocenters. The van der Waals surface area contributed by atoms with E-state index in [1.807, 2.05) is 18.2 Å². The molecule has 0 aliphatic carbocycles. The lowest BCUT2D eigenvalue weighted by Crippen LogP contribution is -2.06.